The molecule has 6 heteroatoms. The van der Waals surface area contributed by atoms with Crippen LogP contribution in [0.3, 0.4) is 0 Å². The quantitative estimate of drug-likeness (QED) is 0.680. The van der Waals surface area contributed by atoms with Crippen LogP contribution >= 0.6 is 11.6 Å². The number of nitrogens with one attached hydrogen (secondary N) is 1. The van der Waals surface area contributed by atoms with Crippen LogP contribution in [-0.2, 0) is 20.9 Å². The van der Waals surface area contributed by atoms with Gasteiger partial charge >= 0.3 is 5.97 Å². The van der Waals surface area contributed by atoms with Gasteiger partial charge in [0.2, 0.25) is 5.56 Å². The number of pyridine rings is 1. The fourth-order valence-electron chi connectivity index (χ4n) is 2.17. The van der Waals surface area contributed by atoms with E-state index >= 15 is 0 Å². The number of aromatic amines is 1. The maximum absolute atomic E-state index is 11.8. The minimum atomic E-state index is -0.921. The molecule has 0 radical (unpaired) electrons. The largest absolute Gasteiger partial charge is 0.465 e. The Balaban J connectivity index is 2.58. The maximum Gasteiger partial charge on any atom is 0.328 e. The molecular formula is C15H16ClNO4. The predicted octanol–water partition coefficient (Wildman–Crippen LogP) is 2.52. The molecular weight excluding hydrogens is 294 g/mol. The first-order chi connectivity index (χ1) is 10.1. The van der Waals surface area contributed by atoms with Crippen molar-refractivity contribution in [2.45, 2.75) is 18.9 Å². The molecule has 2 aromatic rings. The molecule has 2 rings (SSSR count). The monoisotopic (exact) mass is 309 g/mol. The van der Waals surface area contributed by atoms with E-state index in [1.165, 1.54) is 6.07 Å². The molecule has 0 saturated carbocycles. The van der Waals surface area contributed by atoms with Gasteiger partial charge in [-0.3, -0.25) is 9.59 Å². The van der Waals surface area contributed by atoms with Crippen molar-refractivity contribution in [3.63, 3.8) is 0 Å². The van der Waals surface area contributed by atoms with Crippen molar-refractivity contribution in [2.75, 3.05) is 13.7 Å². The van der Waals surface area contributed by atoms with E-state index in [9.17, 15) is 9.59 Å². The average molecular weight is 310 g/mol. The third kappa shape index (κ3) is 3.25. The van der Waals surface area contributed by atoms with E-state index in [-0.39, 0.29) is 12.2 Å². The Bertz CT molecular complexity index is 710. The summed E-state index contributed by atoms with van der Waals surface area (Å²) in [5, 5.41) is -0.216. The number of carbonyl (C=O) groups is 1. The van der Waals surface area contributed by atoms with Crippen LogP contribution in [0.25, 0.3) is 10.9 Å². The molecule has 1 unspecified atom stereocenters. The minimum absolute atomic E-state index is 0.223. The topological polar surface area (TPSA) is 68.4 Å². The molecule has 0 aliphatic carbocycles. The lowest BCUT2D eigenvalue weighted by atomic mass is 10.0. The molecule has 21 heavy (non-hydrogen) atoms. The van der Waals surface area contributed by atoms with Gasteiger partial charge in [0.15, 0.2) is 5.38 Å². The summed E-state index contributed by atoms with van der Waals surface area (Å²) in [6.07, 6.45) is 0. The van der Waals surface area contributed by atoms with E-state index in [0.29, 0.717) is 23.1 Å². The third-order valence-electron chi connectivity index (χ3n) is 3.08. The van der Waals surface area contributed by atoms with Crippen molar-refractivity contribution in [3.8, 4) is 0 Å². The number of halogens is 1. The molecule has 0 bridgehead atoms. The number of hydrogen-bond donors (Lipinski definition) is 1. The average Bonchev–Trinajstić information content (AvgIpc) is 2.47. The Morgan fingerprint density at radius 3 is 2.76 bits per heavy atom. The second kappa shape index (κ2) is 6.74. The van der Waals surface area contributed by atoms with Crippen LogP contribution in [0.1, 0.15) is 23.4 Å². The number of methoxy groups -OCH3 is 1. The van der Waals surface area contributed by atoms with Gasteiger partial charge in [0.05, 0.1) is 18.7 Å². The van der Waals surface area contributed by atoms with Crippen LogP contribution in [0.2, 0.25) is 0 Å². The van der Waals surface area contributed by atoms with E-state index in [0.717, 1.165) is 5.56 Å². The SMILES string of the molecule is CCOC(=O)C(Cl)c1ccc(COC)c2[nH]c(=O)ccc12. The van der Waals surface area contributed by atoms with Crippen LogP contribution in [0.15, 0.2) is 29.1 Å². The zero-order valence-corrected chi connectivity index (χ0v) is 12.6. The van der Waals surface area contributed by atoms with E-state index in [4.69, 9.17) is 21.1 Å². The normalized spacial score (nSPS) is 12.3. The predicted molar refractivity (Wildman–Crippen MR) is 80.5 cm³/mol. The smallest absolute Gasteiger partial charge is 0.328 e. The van der Waals surface area contributed by atoms with Crippen LogP contribution in [0.4, 0.5) is 0 Å². The van der Waals surface area contributed by atoms with Crippen molar-refractivity contribution in [1.82, 2.24) is 4.98 Å². The first-order valence-corrected chi connectivity index (χ1v) is 6.96. The van der Waals surface area contributed by atoms with Gasteiger partial charge < -0.3 is 14.5 Å². The van der Waals surface area contributed by atoms with Crippen LogP contribution in [0, 0.1) is 0 Å². The molecule has 1 aromatic carbocycles. The summed E-state index contributed by atoms with van der Waals surface area (Å²) in [5.74, 6) is -0.508. The molecule has 112 valence electrons. The summed E-state index contributed by atoms with van der Waals surface area (Å²) in [5.41, 5.74) is 1.82. The Labute approximate surface area is 126 Å². The summed E-state index contributed by atoms with van der Waals surface area (Å²) < 4.78 is 10.1. The van der Waals surface area contributed by atoms with Gasteiger partial charge in [0.1, 0.15) is 0 Å². The Morgan fingerprint density at radius 1 is 1.33 bits per heavy atom. The number of carbonyl (C=O) groups excluding carboxylic acids is 1. The first-order valence-electron chi connectivity index (χ1n) is 6.53. The fraction of sp³-hybridized carbons (Fsp3) is 0.333. The van der Waals surface area contributed by atoms with Crippen molar-refractivity contribution in [3.05, 3.63) is 45.7 Å². The van der Waals surface area contributed by atoms with Crippen molar-refractivity contribution in [2.24, 2.45) is 0 Å². The Hall–Kier alpha value is -1.85. The molecule has 0 aliphatic heterocycles. The summed E-state index contributed by atoms with van der Waals surface area (Å²) in [6, 6.07) is 6.59. The molecule has 0 aliphatic rings. The maximum atomic E-state index is 11.8. The molecule has 0 spiro atoms. The fourth-order valence-corrected chi connectivity index (χ4v) is 2.42. The number of fused-ring (bicyclic) bond motifs is 1. The molecule has 1 heterocycles. The Kier molecular flexibility index (Phi) is 4.98. The minimum Gasteiger partial charge on any atom is -0.465 e. The molecule has 0 amide bonds. The summed E-state index contributed by atoms with van der Waals surface area (Å²) in [6.45, 7) is 2.33. The van der Waals surface area contributed by atoms with E-state index in [1.807, 2.05) is 0 Å². The molecule has 0 fully saturated rings. The number of alkyl halides is 1. The zero-order chi connectivity index (χ0) is 15.4. The van der Waals surface area contributed by atoms with Crippen molar-refractivity contribution in [1.29, 1.82) is 0 Å². The number of H-pyrrole nitrogens is 1. The second-order valence-electron chi connectivity index (χ2n) is 4.47. The van der Waals surface area contributed by atoms with E-state index in [2.05, 4.69) is 4.98 Å². The molecule has 1 atom stereocenters. The van der Waals surface area contributed by atoms with Crippen molar-refractivity contribution >= 4 is 28.5 Å². The number of hydrogen-bond acceptors (Lipinski definition) is 4. The van der Waals surface area contributed by atoms with E-state index in [1.54, 1.807) is 32.2 Å². The summed E-state index contributed by atoms with van der Waals surface area (Å²) in [7, 11) is 1.57. The number of benzene rings is 1. The first kappa shape index (κ1) is 15.5. The van der Waals surface area contributed by atoms with Crippen LogP contribution < -0.4 is 5.56 Å². The molecule has 5 nitrogen and oxygen atoms in total. The lowest BCUT2D eigenvalue weighted by molar-refractivity contribution is -0.142. The van der Waals surface area contributed by atoms with E-state index < -0.39 is 11.3 Å². The third-order valence-corrected chi connectivity index (χ3v) is 3.49. The highest BCUT2D eigenvalue weighted by Gasteiger charge is 2.22. The van der Waals surface area contributed by atoms with Crippen molar-refractivity contribution < 1.29 is 14.3 Å². The molecule has 1 aromatic heterocycles. The lowest BCUT2D eigenvalue weighted by Gasteiger charge is -2.14. The lowest BCUT2D eigenvalue weighted by Crippen LogP contribution is -2.13. The highest BCUT2D eigenvalue weighted by atomic mass is 35.5. The van der Waals surface area contributed by atoms with Gasteiger partial charge in [0, 0.05) is 24.1 Å². The molecule has 0 saturated heterocycles. The Morgan fingerprint density at radius 2 is 2.10 bits per heavy atom. The summed E-state index contributed by atoms with van der Waals surface area (Å²) >= 11 is 6.19. The van der Waals surface area contributed by atoms with Gasteiger partial charge in [0.25, 0.3) is 0 Å². The number of ether oxygens (including phenoxy) is 2. The number of rotatable bonds is 5. The van der Waals surface area contributed by atoms with Gasteiger partial charge in [-0.15, -0.1) is 11.6 Å². The standard InChI is InChI=1S/C15H16ClNO4/c1-3-21-15(19)13(16)10-5-4-9(8-20-2)14-11(10)6-7-12(18)17-14/h4-7,13H,3,8H2,1-2H3,(H,17,18). The van der Waals surface area contributed by atoms with Gasteiger partial charge in [-0.25, -0.2) is 0 Å². The summed E-state index contributed by atoms with van der Waals surface area (Å²) in [4.78, 5) is 26.1. The van der Waals surface area contributed by atoms with Gasteiger partial charge in [-0.05, 0) is 18.6 Å². The van der Waals surface area contributed by atoms with Crippen LogP contribution in [-0.4, -0.2) is 24.7 Å². The molecule has 1 N–H and O–H groups in total. The highest BCUT2D eigenvalue weighted by molar-refractivity contribution is 6.30. The van der Waals surface area contributed by atoms with Gasteiger partial charge in [-0.1, -0.05) is 12.1 Å². The highest BCUT2D eigenvalue weighted by Crippen LogP contribution is 2.30. The van der Waals surface area contributed by atoms with Gasteiger partial charge in [-0.2, -0.15) is 0 Å². The second-order valence-corrected chi connectivity index (χ2v) is 4.91. The number of aromatic nitrogens is 1. The zero-order valence-electron chi connectivity index (χ0n) is 11.8. The number of esters is 1. The van der Waals surface area contributed by atoms with Crippen LogP contribution in [0.5, 0.6) is 0 Å².